The maximum atomic E-state index is 2.66. The number of fused-ring (bicyclic) bond motifs is 14. The Balaban J connectivity index is 0.932. The SMILES string of the molecule is CC(C)(C)c1ccc2c(c1)c1cc(C(C)(C)C)ccc1n2-c1cc2c3c(c1)N(c1ccccc1)c1cc4c(cc1B3c1ccccc1N2c1ccccc1)B1c2ccccc2N(c2ccccc2)c2cc(-n3c5ccc(C(C)(C)C)cc5c5cc(C(C)(C)C)ccc53)cc(c21)N4c1ccccc1. The van der Waals surface area contributed by atoms with E-state index in [9.17, 15) is 0 Å². The summed E-state index contributed by atoms with van der Waals surface area (Å²) in [7, 11) is 0. The molecule has 2 aromatic heterocycles. The Hall–Kier alpha value is -11.2. The lowest BCUT2D eigenvalue weighted by Crippen LogP contribution is -2.65. The predicted molar refractivity (Wildman–Crippen MR) is 438 cm³/mol. The van der Waals surface area contributed by atoms with Gasteiger partial charge in [0.05, 0.1) is 33.4 Å². The fourth-order valence-corrected chi connectivity index (χ4v) is 17.5. The number of nitrogens with zero attached hydrogens (tertiary/aromatic N) is 6. The van der Waals surface area contributed by atoms with Gasteiger partial charge in [-0.2, -0.15) is 0 Å². The Morgan fingerprint density at radius 2 is 0.461 bits per heavy atom. The lowest BCUT2D eigenvalue weighted by molar-refractivity contribution is 0.590. The summed E-state index contributed by atoms with van der Waals surface area (Å²) in [5.41, 5.74) is 33.4. The first-order valence-electron chi connectivity index (χ1n) is 36.5. The number of rotatable bonds is 6. The summed E-state index contributed by atoms with van der Waals surface area (Å²) in [5.74, 6) is 0. The van der Waals surface area contributed by atoms with Crippen LogP contribution in [-0.4, -0.2) is 22.6 Å². The molecule has 15 aromatic rings. The van der Waals surface area contributed by atoms with Crippen LogP contribution in [-0.2, 0) is 21.7 Å². The highest BCUT2D eigenvalue weighted by atomic mass is 15.2. The van der Waals surface area contributed by atoms with Crippen molar-refractivity contribution in [3.8, 4) is 11.4 Å². The van der Waals surface area contributed by atoms with Gasteiger partial charge in [-0.3, -0.25) is 0 Å². The van der Waals surface area contributed by atoms with Crippen LogP contribution >= 0.6 is 0 Å². The van der Waals surface area contributed by atoms with Gasteiger partial charge in [0.1, 0.15) is 0 Å². The first-order chi connectivity index (χ1) is 49.2. The molecule has 8 heteroatoms. The van der Waals surface area contributed by atoms with Crippen molar-refractivity contribution in [1.82, 2.24) is 9.13 Å². The number of hydrogen-bond donors (Lipinski definition) is 0. The molecule has 4 aliphatic rings. The fourth-order valence-electron chi connectivity index (χ4n) is 17.5. The maximum absolute atomic E-state index is 2.66. The molecule has 0 amide bonds. The Morgan fingerprint density at radius 1 is 0.206 bits per heavy atom. The van der Waals surface area contributed by atoms with Gasteiger partial charge in [0, 0.05) is 89.8 Å². The Bertz CT molecular complexity index is 5460. The van der Waals surface area contributed by atoms with Gasteiger partial charge >= 0.3 is 0 Å². The summed E-state index contributed by atoms with van der Waals surface area (Å²) in [4.78, 5) is 10.4. The molecule has 0 saturated carbocycles. The van der Waals surface area contributed by atoms with Crippen LogP contribution in [0.5, 0.6) is 0 Å². The molecule has 0 unspecified atom stereocenters. The van der Waals surface area contributed by atoms with Crippen LogP contribution in [0.15, 0.2) is 279 Å². The van der Waals surface area contributed by atoms with Gasteiger partial charge in [-0.05, 0) is 216 Å². The molecule has 0 aliphatic carbocycles. The summed E-state index contributed by atoms with van der Waals surface area (Å²) in [6, 6.07) is 107. The number of aromatic nitrogens is 2. The standard InChI is InChI=1S/C94H82B2N6/c1-91(2,3)59-41-45-77-69(49-59)70-50-60(92(4,5)6)42-46-78(70)101(77)67-53-85-89-87(55-67)99(65-33-21-15-22-34-65)83-58-84-76(57-75(83)95(89)73-37-25-27-39-81(73)97(85)63-29-17-13-18-30-63)96-74-38-26-28-40-82(74)98(64-31-19-14-20-32-64)86-54-68(56-88(90(86)96)100(84)66-35-23-16-24-36-66)102-79-47-43-61(93(7,8)9)51-71(79)72-52-62(94(10,11)12)44-48-80(72)102/h13-58H,1-12H3. The molecule has 0 spiro atoms. The summed E-state index contributed by atoms with van der Waals surface area (Å²) >= 11 is 0. The largest absolute Gasteiger partial charge is 0.311 e. The number of para-hydroxylation sites is 6. The zero-order chi connectivity index (χ0) is 69.6. The highest BCUT2D eigenvalue weighted by molar-refractivity contribution is 7.03. The maximum Gasteiger partial charge on any atom is 0.252 e. The molecular formula is C94H82B2N6. The van der Waals surface area contributed by atoms with Gasteiger partial charge in [-0.25, -0.2) is 0 Å². The van der Waals surface area contributed by atoms with Gasteiger partial charge in [-0.15, -0.1) is 0 Å². The third-order valence-corrected chi connectivity index (χ3v) is 22.6. The molecule has 4 aliphatic heterocycles. The molecule has 0 atom stereocenters. The van der Waals surface area contributed by atoms with Crippen LogP contribution in [0.2, 0.25) is 0 Å². The third kappa shape index (κ3) is 9.33. The van der Waals surface area contributed by atoms with Crippen LogP contribution < -0.4 is 52.4 Å². The average Bonchev–Trinajstić information content (AvgIpc) is 0.746. The first kappa shape index (κ1) is 61.8. The minimum atomic E-state index is -0.164. The van der Waals surface area contributed by atoms with Crippen molar-refractivity contribution in [3.63, 3.8) is 0 Å². The van der Waals surface area contributed by atoms with Crippen molar-refractivity contribution in [2.24, 2.45) is 0 Å². The molecule has 6 heterocycles. The number of benzene rings is 13. The highest BCUT2D eigenvalue weighted by Crippen LogP contribution is 2.52. The van der Waals surface area contributed by atoms with E-state index in [2.05, 4.69) is 391 Å². The van der Waals surface area contributed by atoms with Crippen molar-refractivity contribution in [2.75, 3.05) is 19.6 Å². The van der Waals surface area contributed by atoms with Gasteiger partial charge in [-0.1, -0.05) is 223 Å². The van der Waals surface area contributed by atoms with Crippen molar-refractivity contribution in [3.05, 3.63) is 301 Å². The van der Waals surface area contributed by atoms with E-state index < -0.39 is 0 Å². The highest BCUT2D eigenvalue weighted by Gasteiger charge is 2.49. The lowest BCUT2D eigenvalue weighted by Gasteiger charge is -2.47. The first-order valence-corrected chi connectivity index (χ1v) is 36.5. The van der Waals surface area contributed by atoms with E-state index in [0.29, 0.717) is 0 Å². The van der Waals surface area contributed by atoms with E-state index in [1.54, 1.807) is 0 Å². The van der Waals surface area contributed by atoms with Crippen molar-refractivity contribution in [2.45, 2.75) is 105 Å². The van der Waals surface area contributed by atoms with Crippen molar-refractivity contribution >= 4 is 158 Å². The van der Waals surface area contributed by atoms with E-state index in [4.69, 9.17) is 0 Å². The smallest absolute Gasteiger partial charge is 0.252 e. The predicted octanol–water partition coefficient (Wildman–Crippen LogP) is 21.2. The van der Waals surface area contributed by atoms with Crippen molar-refractivity contribution < 1.29 is 0 Å². The zero-order valence-electron chi connectivity index (χ0n) is 60.4. The second-order valence-electron chi connectivity index (χ2n) is 33.0. The molecule has 0 saturated heterocycles. The van der Waals surface area contributed by atoms with Gasteiger partial charge in [0.15, 0.2) is 0 Å². The average molecular weight is 1320 g/mol. The topological polar surface area (TPSA) is 22.8 Å². The third-order valence-electron chi connectivity index (χ3n) is 22.6. The molecule has 13 aromatic carbocycles. The zero-order valence-corrected chi connectivity index (χ0v) is 60.4. The molecule has 0 fully saturated rings. The molecular weight excluding hydrogens is 1230 g/mol. The van der Waals surface area contributed by atoms with Crippen LogP contribution in [0, 0.1) is 0 Å². The van der Waals surface area contributed by atoms with E-state index >= 15 is 0 Å². The minimum Gasteiger partial charge on any atom is -0.311 e. The normalized spacial score (nSPS) is 14.0. The molecule has 102 heavy (non-hydrogen) atoms. The molecule has 0 radical (unpaired) electrons. The molecule has 6 nitrogen and oxygen atoms in total. The Kier molecular flexibility index (Phi) is 13.4. The summed E-state index contributed by atoms with van der Waals surface area (Å²) in [6.07, 6.45) is 0. The van der Waals surface area contributed by atoms with Crippen LogP contribution in [0.4, 0.5) is 68.2 Å². The monoisotopic (exact) mass is 1320 g/mol. The Morgan fingerprint density at radius 3 is 0.735 bits per heavy atom. The molecule has 494 valence electrons. The second-order valence-corrected chi connectivity index (χ2v) is 33.0. The second kappa shape index (κ2) is 22.1. The Labute approximate surface area is 600 Å². The van der Waals surface area contributed by atoms with Crippen LogP contribution in [0.3, 0.4) is 0 Å². The number of hydrogen-bond acceptors (Lipinski definition) is 4. The van der Waals surface area contributed by atoms with E-state index in [1.807, 2.05) is 0 Å². The van der Waals surface area contributed by atoms with Crippen LogP contribution in [0.25, 0.3) is 55.0 Å². The molecule has 19 rings (SSSR count). The quantitative estimate of drug-likeness (QED) is 0.155. The fraction of sp³-hybridized carbons (Fsp3) is 0.170. The number of anilines is 12. The van der Waals surface area contributed by atoms with E-state index in [0.717, 1.165) is 68.2 Å². The van der Waals surface area contributed by atoms with Gasteiger partial charge in [0.2, 0.25) is 0 Å². The van der Waals surface area contributed by atoms with Gasteiger partial charge < -0.3 is 28.7 Å². The summed E-state index contributed by atoms with van der Waals surface area (Å²) in [6.45, 7) is 27.7. The molecule has 0 bridgehead atoms. The van der Waals surface area contributed by atoms with E-state index in [-0.39, 0.29) is 35.1 Å². The minimum absolute atomic E-state index is 0.0485. The van der Waals surface area contributed by atoms with Crippen molar-refractivity contribution in [1.29, 1.82) is 0 Å². The summed E-state index contributed by atoms with van der Waals surface area (Å²) in [5, 5.41) is 5.06. The van der Waals surface area contributed by atoms with Gasteiger partial charge in [0.25, 0.3) is 13.4 Å². The lowest BCUT2D eigenvalue weighted by atomic mass is 9.30. The van der Waals surface area contributed by atoms with E-state index in [1.165, 1.54) is 110 Å². The van der Waals surface area contributed by atoms with Crippen LogP contribution in [0.1, 0.15) is 105 Å². The molecule has 0 N–H and O–H groups in total. The summed E-state index contributed by atoms with van der Waals surface area (Å²) < 4.78 is 5.13.